The Hall–Kier alpha value is -2.62. The minimum Gasteiger partial charge on any atom is -0.338 e. The molecule has 0 N–H and O–H groups in total. The molecule has 1 aliphatic carbocycles. The molecule has 4 heteroatoms. The zero-order chi connectivity index (χ0) is 18.8. The third-order valence-electron chi connectivity index (χ3n) is 5.47. The number of carbonyl (C=O) groups is 2. The Morgan fingerprint density at radius 1 is 1.04 bits per heavy atom. The van der Waals surface area contributed by atoms with E-state index >= 15 is 0 Å². The average molecular weight is 362 g/mol. The monoisotopic (exact) mass is 362 g/mol. The molecule has 1 aliphatic heterocycles. The topological polar surface area (TPSA) is 40.6 Å². The molecule has 2 aromatic carbocycles. The van der Waals surface area contributed by atoms with E-state index in [0.717, 1.165) is 36.9 Å². The number of likely N-dealkylation sites (tertiary alicyclic amines) is 1. The van der Waals surface area contributed by atoms with E-state index in [0.29, 0.717) is 25.6 Å². The molecule has 0 aromatic heterocycles. The predicted molar refractivity (Wildman–Crippen MR) is 105 cm³/mol. The van der Waals surface area contributed by atoms with E-state index in [1.165, 1.54) is 11.1 Å². The molecule has 0 unspecified atom stereocenters. The molecule has 2 fully saturated rings. The number of benzene rings is 2. The second-order valence-corrected chi connectivity index (χ2v) is 7.77. The van der Waals surface area contributed by atoms with Gasteiger partial charge < -0.3 is 9.80 Å². The van der Waals surface area contributed by atoms with Gasteiger partial charge in [-0.2, -0.15) is 0 Å². The molecule has 1 saturated heterocycles. The van der Waals surface area contributed by atoms with Gasteiger partial charge in [0.15, 0.2) is 0 Å². The molecule has 27 heavy (non-hydrogen) atoms. The van der Waals surface area contributed by atoms with Crippen molar-refractivity contribution in [2.75, 3.05) is 6.54 Å². The van der Waals surface area contributed by atoms with Gasteiger partial charge in [-0.15, -0.1) is 0 Å². The van der Waals surface area contributed by atoms with E-state index in [-0.39, 0.29) is 11.8 Å². The number of rotatable bonds is 6. The van der Waals surface area contributed by atoms with Gasteiger partial charge in [-0.25, -0.2) is 0 Å². The molecular weight excluding hydrogens is 336 g/mol. The fourth-order valence-electron chi connectivity index (χ4n) is 3.65. The SMILES string of the molecule is Cc1ccc(CN(C(=O)c2ccc(CN3CCCC3=O)cc2)C2CC2)cc1. The van der Waals surface area contributed by atoms with Crippen LogP contribution < -0.4 is 0 Å². The van der Waals surface area contributed by atoms with E-state index < -0.39 is 0 Å². The van der Waals surface area contributed by atoms with Crippen molar-refractivity contribution in [2.45, 2.75) is 51.7 Å². The van der Waals surface area contributed by atoms with Gasteiger partial charge in [0.05, 0.1) is 0 Å². The highest BCUT2D eigenvalue weighted by Crippen LogP contribution is 2.30. The van der Waals surface area contributed by atoms with Gasteiger partial charge >= 0.3 is 0 Å². The molecule has 0 bridgehead atoms. The molecule has 1 saturated carbocycles. The first-order valence-electron chi connectivity index (χ1n) is 9.83. The molecule has 0 spiro atoms. The molecule has 2 aliphatic rings. The first-order chi connectivity index (χ1) is 13.1. The standard InChI is InChI=1S/C23H26N2O2/c1-17-4-6-19(7-5-17)16-25(21-12-13-21)23(27)20-10-8-18(9-11-20)15-24-14-2-3-22(24)26/h4-11,21H,2-3,12-16H2,1H3. The van der Waals surface area contributed by atoms with Crippen molar-refractivity contribution in [3.63, 3.8) is 0 Å². The van der Waals surface area contributed by atoms with Gasteiger partial charge in [0.25, 0.3) is 5.91 Å². The van der Waals surface area contributed by atoms with Crippen LogP contribution in [0.1, 0.15) is 52.7 Å². The van der Waals surface area contributed by atoms with E-state index in [2.05, 4.69) is 31.2 Å². The van der Waals surface area contributed by atoms with Gasteiger partial charge in [-0.3, -0.25) is 9.59 Å². The Morgan fingerprint density at radius 2 is 1.70 bits per heavy atom. The lowest BCUT2D eigenvalue weighted by molar-refractivity contribution is -0.128. The molecule has 140 valence electrons. The van der Waals surface area contributed by atoms with Gasteiger partial charge in [0.1, 0.15) is 0 Å². The van der Waals surface area contributed by atoms with E-state index in [9.17, 15) is 9.59 Å². The minimum absolute atomic E-state index is 0.0990. The highest BCUT2D eigenvalue weighted by atomic mass is 16.2. The summed E-state index contributed by atoms with van der Waals surface area (Å²) in [4.78, 5) is 28.7. The van der Waals surface area contributed by atoms with Crippen molar-refractivity contribution < 1.29 is 9.59 Å². The molecule has 0 radical (unpaired) electrons. The zero-order valence-corrected chi connectivity index (χ0v) is 15.9. The van der Waals surface area contributed by atoms with Crippen molar-refractivity contribution in [1.82, 2.24) is 9.80 Å². The van der Waals surface area contributed by atoms with Crippen molar-refractivity contribution in [3.05, 3.63) is 70.8 Å². The molecule has 1 heterocycles. The van der Waals surface area contributed by atoms with Gasteiger partial charge in [0, 0.05) is 37.7 Å². The summed E-state index contributed by atoms with van der Waals surface area (Å²) in [7, 11) is 0. The van der Waals surface area contributed by atoms with E-state index in [1.807, 2.05) is 34.1 Å². The first-order valence-corrected chi connectivity index (χ1v) is 9.83. The van der Waals surface area contributed by atoms with E-state index in [1.54, 1.807) is 0 Å². The third kappa shape index (κ3) is 4.21. The Morgan fingerprint density at radius 3 is 2.30 bits per heavy atom. The summed E-state index contributed by atoms with van der Waals surface area (Å²) < 4.78 is 0. The fourth-order valence-corrected chi connectivity index (χ4v) is 3.65. The van der Waals surface area contributed by atoms with Crippen LogP contribution in [0.25, 0.3) is 0 Å². The quantitative estimate of drug-likeness (QED) is 0.781. The summed E-state index contributed by atoms with van der Waals surface area (Å²) in [6, 6.07) is 16.5. The summed E-state index contributed by atoms with van der Waals surface area (Å²) in [5, 5.41) is 0. The molecule has 0 atom stereocenters. The van der Waals surface area contributed by atoms with Gasteiger partial charge in [-0.05, 0) is 49.4 Å². The van der Waals surface area contributed by atoms with Gasteiger partial charge in [-0.1, -0.05) is 42.0 Å². The van der Waals surface area contributed by atoms with Crippen LogP contribution in [0.15, 0.2) is 48.5 Å². The van der Waals surface area contributed by atoms with Crippen LogP contribution in [0.2, 0.25) is 0 Å². The maximum absolute atomic E-state index is 13.1. The summed E-state index contributed by atoms with van der Waals surface area (Å²) in [5.74, 6) is 0.329. The molecule has 2 amide bonds. The Kier molecular flexibility index (Phi) is 4.97. The normalized spacial score (nSPS) is 16.6. The minimum atomic E-state index is 0.0990. The number of amides is 2. The van der Waals surface area contributed by atoms with Crippen LogP contribution in [0.4, 0.5) is 0 Å². The third-order valence-corrected chi connectivity index (χ3v) is 5.47. The van der Waals surface area contributed by atoms with Gasteiger partial charge in [0.2, 0.25) is 5.91 Å². The number of aryl methyl sites for hydroxylation is 1. The maximum atomic E-state index is 13.1. The number of hydrogen-bond acceptors (Lipinski definition) is 2. The lowest BCUT2D eigenvalue weighted by Gasteiger charge is -2.23. The summed E-state index contributed by atoms with van der Waals surface area (Å²) in [6.07, 6.45) is 3.79. The Balaban J connectivity index is 1.45. The van der Waals surface area contributed by atoms with Crippen LogP contribution in [-0.2, 0) is 17.9 Å². The number of nitrogens with zero attached hydrogens (tertiary/aromatic N) is 2. The molecular formula is C23H26N2O2. The number of carbonyl (C=O) groups excluding carboxylic acids is 2. The molecule has 4 rings (SSSR count). The Labute approximate surface area is 160 Å². The zero-order valence-electron chi connectivity index (χ0n) is 15.9. The number of hydrogen-bond donors (Lipinski definition) is 0. The molecule has 2 aromatic rings. The summed E-state index contributed by atoms with van der Waals surface area (Å²) >= 11 is 0. The van der Waals surface area contributed by atoms with Crippen LogP contribution in [-0.4, -0.2) is 34.2 Å². The lowest BCUT2D eigenvalue weighted by Crippen LogP contribution is -2.32. The van der Waals surface area contributed by atoms with Crippen LogP contribution in [0.5, 0.6) is 0 Å². The second-order valence-electron chi connectivity index (χ2n) is 7.77. The summed E-state index contributed by atoms with van der Waals surface area (Å²) in [5.41, 5.74) is 4.21. The van der Waals surface area contributed by atoms with Crippen molar-refractivity contribution >= 4 is 11.8 Å². The van der Waals surface area contributed by atoms with Crippen LogP contribution in [0.3, 0.4) is 0 Å². The molecule has 4 nitrogen and oxygen atoms in total. The van der Waals surface area contributed by atoms with Crippen LogP contribution >= 0.6 is 0 Å². The summed E-state index contributed by atoms with van der Waals surface area (Å²) in [6.45, 7) is 4.22. The van der Waals surface area contributed by atoms with Crippen molar-refractivity contribution in [3.8, 4) is 0 Å². The van der Waals surface area contributed by atoms with Crippen molar-refractivity contribution in [2.24, 2.45) is 0 Å². The maximum Gasteiger partial charge on any atom is 0.254 e. The highest BCUT2D eigenvalue weighted by molar-refractivity contribution is 5.94. The second kappa shape index (κ2) is 7.55. The largest absolute Gasteiger partial charge is 0.338 e. The average Bonchev–Trinajstić information content (AvgIpc) is 3.44. The van der Waals surface area contributed by atoms with Crippen molar-refractivity contribution in [1.29, 1.82) is 0 Å². The smallest absolute Gasteiger partial charge is 0.254 e. The fraction of sp³-hybridized carbons (Fsp3) is 0.391. The first kappa shape index (κ1) is 17.8. The van der Waals surface area contributed by atoms with E-state index in [4.69, 9.17) is 0 Å². The predicted octanol–water partition coefficient (Wildman–Crippen LogP) is 3.92. The van der Waals surface area contributed by atoms with Crippen LogP contribution in [0, 0.1) is 6.92 Å². The highest BCUT2D eigenvalue weighted by Gasteiger charge is 2.33. The Bertz CT molecular complexity index is 822. The lowest BCUT2D eigenvalue weighted by atomic mass is 10.1.